The van der Waals surface area contributed by atoms with Crippen molar-refractivity contribution in [2.75, 3.05) is 21.3 Å². The minimum absolute atomic E-state index is 0.00879. The number of methoxy groups -OCH3 is 3. The fourth-order valence-electron chi connectivity index (χ4n) is 3.02. The third-order valence-corrected chi connectivity index (χ3v) is 4.39. The monoisotopic (exact) mass is 322 g/mol. The van der Waals surface area contributed by atoms with Gasteiger partial charge in [-0.1, -0.05) is 0 Å². The van der Waals surface area contributed by atoms with E-state index in [1.54, 1.807) is 21.3 Å². The van der Waals surface area contributed by atoms with E-state index in [1.165, 1.54) is 0 Å². The number of rotatable bonds is 6. The number of nitrogens with one attached hydrogen (secondary N) is 1. The lowest BCUT2D eigenvalue weighted by Gasteiger charge is -2.20. The van der Waals surface area contributed by atoms with E-state index in [0.717, 1.165) is 24.8 Å². The van der Waals surface area contributed by atoms with Crippen molar-refractivity contribution in [3.63, 3.8) is 0 Å². The Morgan fingerprint density at radius 3 is 2.22 bits per heavy atom. The Hall–Kier alpha value is -1.95. The summed E-state index contributed by atoms with van der Waals surface area (Å²) in [5, 5.41) is 3.05. The first-order valence-corrected chi connectivity index (χ1v) is 7.86. The highest BCUT2D eigenvalue weighted by Crippen LogP contribution is 2.39. The standard InChI is InChI=1S/C17H26N2O4/c1-10(19-17(20)11-5-6-13(18)7-11)12-8-14(21-2)16(23-4)15(9-12)22-3/h8-11,13H,5-7,18H2,1-4H3,(H,19,20). The third kappa shape index (κ3) is 3.88. The van der Waals surface area contributed by atoms with Gasteiger partial charge < -0.3 is 25.3 Å². The van der Waals surface area contributed by atoms with Crippen LogP contribution >= 0.6 is 0 Å². The van der Waals surface area contributed by atoms with Crippen LogP contribution < -0.4 is 25.3 Å². The largest absolute Gasteiger partial charge is 0.493 e. The van der Waals surface area contributed by atoms with Gasteiger partial charge >= 0.3 is 0 Å². The molecule has 0 aliphatic heterocycles. The Balaban J connectivity index is 2.15. The Morgan fingerprint density at radius 1 is 1.17 bits per heavy atom. The average molecular weight is 322 g/mol. The Labute approximate surface area is 137 Å². The second kappa shape index (κ2) is 7.55. The lowest BCUT2D eigenvalue weighted by Crippen LogP contribution is -2.32. The molecule has 0 bridgehead atoms. The van der Waals surface area contributed by atoms with Crippen molar-refractivity contribution in [3.8, 4) is 17.2 Å². The molecule has 2 rings (SSSR count). The van der Waals surface area contributed by atoms with E-state index < -0.39 is 0 Å². The van der Waals surface area contributed by atoms with E-state index in [9.17, 15) is 4.79 Å². The van der Waals surface area contributed by atoms with Crippen molar-refractivity contribution in [1.29, 1.82) is 0 Å². The molecule has 23 heavy (non-hydrogen) atoms. The molecule has 1 amide bonds. The van der Waals surface area contributed by atoms with Crippen LogP contribution in [0.25, 0.3) is 0 Å². The normalized spacial score (nSPS) is 21.6. The summed E-state index contributed by atoms with van der Waals surface area (Å²) in [4.78, 5) is 12.4. The number of carbonyl (C=O) groups excluding carboxylic acids is 1. The first-order chi connectivity index (χ1) is 11.0. The molecule has 1 aromatic rings. The van der Waals surface area contributed by atoms with Crippen molar-refractivity contribution in [1.82, 2.24) is 5.32 Å². The van der Waals surface area contributed by atoms with E-state index in [4.69, 9.17) is 19.9 Å². The van der Waals surface area contributed by atoms with Crippen LogP contribution in [0.4, 0.5) is 0 Å². The van der Waals surface area contributed by atoms with Crippen molar-refractivity contribution in [3.05, 3.63) is 17.7 Å². The van der Waals surface area contributed by atoms with Gasteiger partial charge in [-0.3, -0.25) is 4.79 Å². The van der Waals surface area contributed by atoms with Gasteiger partial charge in [0.05, 0.1) is 27.4 Å². The highest BCUT2D eigenvalue weighted by atomic mass is 16.5. The van der Waals surface area contributed by atoms with Crippen molar-refractivity contribution in [2.24, 2.45) is 11.7 Å². The number of ether oxygens (including phenoxy) is 3. The zero-order chi connectivity index (χ0) is 17.0. The second-order valence-corrected chi connectivity index (χ2v) is 5.96. The van der Waals surface area contributed by atoms with E-state index in [1.807, 2.05) is 19.1 Å². The Kier molecular flexibility index (Phi) is 5.71. The molecule has 1 aromatic carbocycles. The van der Waals surface area contributed by atoms with Crippen molar-refractivity contribution >= 4 is 5.91 Å². The smallest absolute Gasteiger partial charge is 0.223 e. The minimum atomic E-state index is -0.159. The lowest BCUT2D eigenvalue weighted by atomic mass is 10.0. The molecule has 0 aromatic heterocycles. The van der Waals surface area contributed by atoms with Gasteiger partial charge in [0, 0.05) is 12.0 Å². The maximum atomic E-state index is 12.4. The molecule has 6 nitrogen and oxygen atoms in total. The molecule has 1 aliphatic rings. The molecule has 3 N–H and O–H groups in total. The molecule has 6 heteroatoms. The van der Waals surface area contributed by atoms with Gasteiger partial charge in [0.2, 0.25) is 11.7 Å². The van der Waals surface area contributed by atoms with Crippen LogP contribution in [0.15, 0.2) is 12.1 Å². The molecule has 1 aliphatic carbocycles. The molecule has 0 radical (unpaired) electrons. The van der Waals surface area contributed by atoms with E-state index in [-0.39, 0.29) is 23.9 Å². The van der Waals surface area contributed by atoms with E-state index >= 15 is 0 Å². The number of carbonyl (C=O) groups is 1. The van der Waals surface area contributed by atoms with Crippen LogP contribution in [0.1, 0.15) is 37.8 Å². The minimum Gasteiger partial charge on any atom is -0.493 e. The van der Waals surface area contributed by atoms with E-state index in [2.05, 4.69) is 5.32 Å². The Morgan fingerprint density at radius 2 is 1.78 bits per heavy atom. The molecule has 3 unspecified atom stereocenters. The number of benzene rings is 1. The molecule has 3 atom stereocenters. The fraction of sp³-hybridized carbons (Fsp3) is 0.588. The van der Waals surface area contributed by atoms with Crippen LogP contribution in [0, 0.1) is 5.92 Å². The fourth-order valence-corrected chi connectivity index (χ4v) is 3.02. The van der Waals surface area contributed by atoms with Crippen LogP contribution in [-0.4, -0.2) is 33.3 Å². The summed E-state index contributed by atoms with van der Waals surface area (Å²) in [5.41, 5.74) is 6.78. The third-order valence-electron chi connectivity index (χ3n) is 4.39. The Bertz CT molecular complexity index is 537. The zero-order valence-electron chi connectivity index (χ0n) is 14.2. The van der Waals surface area contributed by atoms with Gasteiger partial charge in [-0.15, -0.1) is 0 Å². The van der Waals surface area contributed by atoms with Gasteiger partial charge in [-0.2, -0.15) is 0 Å². The number of hydrogen-bond donors (Lipinski definition) is 2. The first kappa shape index (κ1) is 17.4. The summed E-state index contributed by atoms with van der Waals surface area (Å²) in [6.07, 6.45) is 2.53. The van der Waals surface area contributed by atoms with Crippen LogP contribution in [0.3, 0.4) is 0 Å². The zero-order valence-corrected chi connectivity index (χ0v) is 14.2. The van der Waals surface area contributed by atoms with Gasteiger partial charge in [-0.05, 0) is 43.9 Å². The van der Waals surface area contributed by atoms with Crippen molar-refractivity contribution in [2.45, 2.75) is 38.3 Å². The van der Waals surface area contributed by atoms with Crippen LogP contribution in [0.2, 0.25) is 0 Å². The van der Waals surface area contributed by atoms with Gasteiger partial charge in [0.15, 0.2) is 11.5 Å². The highest BCUT2D eigenvalue weighted by molar-refractivity contribution is 5.79. The molecule has 0 spiro atoms. The summed E-state index contributed by atoms with van der Waals surface area (Å²) >= 11 is 0. The molecular weight excluding hydrogens is 296 g/mol. The summed E-state index contributed by atoms with van der Waals surface area (Å²) in [6.45, 7) is 1.94. The van der Waals surface area contributed by atoms with Gasteiger partial charge in [0.1, 0.15) is 0 Å². The number of hydrogen-bond acceptors (Lipinski definition) is 5. The summed E-state index contributed by atoms with van der Waals surface area (Å²) in [7, 11) is 4.71. The lowest BCUT2D eigenvalue weighted by molar-refractivity contribution is -0.125. The predicted octanol–water partition coefficient (Wildman–Crippen LogP) is 2.02. The molecule has 1 saturated carbocycles. The maximum Gasteiger partial charge on any atom is 0.223 e. The van der Waals surface area contributed by atoms with E-state index in [0.29, 0.717) is 17.2 Å². The van der Waals surface area contributed by atoms with Crippen LogP contribution in [0.5, 0.6) is 17.2 Å². The van der Waals surface area contributed by atoms with Crippen molar-refractivity contribution < 1.29 is 19.0 Å². The quantitative estimate of drug-likeness (QED) is 0.837. The molecule has 0 heterocycles. The first-order valence-electron chi connectivity index (χ1n) is 7.86. The van der Waals surface area contributed by atoms with Gasteiger partial charge in [0.25, 0.3) is 0 Å². The summed E-state index contributed by atoms with van der Waals surface area (Å²) in [6, 6.07) is 3.69. The van der Waals surface area contributed by atoms with Crippen LogP contribution in [-0.2, 0) is 4.79 Å². The maximum absolute atomic E-state index is 12.4. The number of amides is 1. The SMILES string of the molecule is COc1cc(C(C)NC(=O)C2CCC(N)C2)cc(OC)c1OC. The average Bonchev–Trinajstić information content (AvgIpc) is 2.99. The second-order valence-electron chi connectivity index (χ2n) is 5.96. The molecule has 1 fully saturated rings. The molecule has 128 valence electrons. The molecule has 0 saturated heterocycles. The summed E-state index contributed by atoms with van der Waals surface area (Å²) in [5.74, 6) is 1.75. The number of nitrogens with two attached hydrogens (primary N) is 1. The topological polar surface area (TPSA) is 82.8 Å². The summed E-state index contributed by atoms with van der Waals surface area (Å²) < 4.78 is 16.0. The molecular formula is C17H26N2O4. The predicted molar refractivity (Wildman–Crippen MR) is 88.0 cm³/mol. The van der Waals surface area contributed by atoms with Gasteiger partial charge in [-0.25, -0.2) is 0 Å². The highest BCUT2D eigenvalue weighted by Gasteiger charge is 2.28.